The minimum atomic E-state index is -0.0329. The molecule has 0 aliphatic rings. The molecule has 5 nitrogen and oxygen atoms in total. The largest absolute Gasteiger partial charge is 0.355 e. The quantitative estimate of drug-likeness (QED) is 0.439. The van der Waals surface area contributed by atoms with Gasteiger partial charge < -0.3 is 10.6 Å². The molecular formula is C17H21ClN4OS. The van der Waals surface area contributed by atoms with Gasteiger partial charge in [-0.25, -0.2) is 9.97 Å². The van der Waals surface area contributed by atoms with Crippen LogP contribution in [0.15, 0.2) is 29.4 Å². The van der Waals surface area contributed by atoms with Gasteiger partial charge in [0.25, 0.3) is 0 Å². The van der Waals surface area contributed by atoms with Gasteiger partial charge in [0.2, 0.25) is 5.91 Å². The summed E-state index contributed by atoms with van der Waals surface area (Å²) >= 11 is 7.35. The van der Waals surface area contributed by atoms with E-state index in [0.717, 1.165) is 17.7 Å². The first-order chi connectivity index (χ1) is 11.5. The zero-order chi connectivity index (χ0) is 17.5. The van der Waals surface area contributed by atoms with Crippen molar-refractivity contribution in [3.63, 3.8) is 0 Å². The Bertz CT molecular complexity index is 724. The van der Waals surface area contributed by atoms with Gasteiger partial charge >= 0.3 is 0 Å². The van der Waals surface area contributed by atoms with E-state index in [1.54, 1.807) is 6.07 Å². The number of aryl methyl sites for hydroxylation is 1. The Labute approximate surface area is 151 Å². The first kappa shape index (κ1) is 18.5. The van der Waals surface area contributed by atoms with Gasteiger partial charge in [-0.15, -0.1) is 0 Å². The lowest BCUT2D eigenvalue weighted by Crippen LogP contribution is -2.25. The molecule has 0 spiro atoms. The molecule has 0 saturated heterocycles. The SMILES string of the molecule is CCCNC(=O)CSc1nc(Cl)cc(Nc2cccc(C)c2C)n1. The molecule has 0 radical (unpaired) electrons. The Morgan fingerprint density at radius 2 is 2.08 bits per heavy atom. The van der Waals surface area contributed by atoms with Gasteiger partial charge in [0.05, 0.1) is 5.75 Å². The van der Waals surface area contributed by atoms with Gasteiger partial charge in [-0.1, -0.05) is 42.4 Å². The fourth-order valence-corrected chi connectivity index (χ4v) is 2.92. The van der Waals surface area contributed by atoms with Crippen molar-refractivity contribution in [2.75, 3.05) is 17.6 Å². The number of nitrogens with one attached hydrogen (secondary N) is 2. The second kappa shape index (κ2) is 8.89. The predicted molar refractivity (Wildman–Crippen MR) is 100 cm³/mol. The van der Waals surface area contributed by atoms with Crippen LogP contribution in [0, 0.1) is 13.8 Å². The second-order valence-electron chi connectivity index (χ2n) is 5.37. The van der Waals surface area contributed by atoms with E-state index in [1.807, 2.05) is 26.0 Å². The molecule has 7 heteroatoms. The number of aromatic nitrogens is 2. The van der Waals surface area contributed by atoms with Crippen LogP contribution in [-0.2, 0) is 4.79 Å². The van der Waals surface area contributed by atoms with Gasteiger partial charge in [-0.3, -0.25) is 4.79 Å². The van der Waals surface area contributed by atoms with Crippen LogP contribution < -0.4 is 10.6 Å². The van der Waals surface area contributed by atoms with E-state index < -0.39 is 0 Å². The highest BCUT2D eigenvalue weighted by Gasteiger charge is 2.09. The minimum absolute atomic E-state index is 0.0329. The molecule has 2 N–H and O–H groups in total. The van der Waals surface area contributed by atoms with Crippen molar-refractivity contribution in [1.82, 2.24) is 15.3 Å². The molecule has 128 valence electrons. The van der Waals surface area contributed by atoms with Gasteiger partial charge in [0.1, 0.15) is 11.0 Å². The average Bonchev–Trinajstić information content (AvgIpc) is 2.55. The molecule has 0 fully saturated rings. The highest BCUT2D eigenvalue weighted by molar-refractivity contribution is 7.99. The summed E-state index contributed by atoms with van der Waals surface area (Å²) in [6.07, 6.45) is 0.911. The lowest BCUT2D eigenvalue weighted by Gasteiger charge is -2.11. The van der Waals surface area contributed by atoms with Crippen molar-refractivity contribution in [3.8, 4) is 0 Å². The molecular weight excluding hydrogens is 344 g/mol. The Balaban J connectivity index is 2.08. The normalized spacial score (nSPS) is 10.5. The number of rotatable bonds is 7. The zero-order valence-electron chi connectivity index (χ0n) is 14.0. The number of carbonyl (C=O) groups is 1. The van der Waals surface area contributed by atoms with Crippen LogP contribution in [0.3, 0.4) is 0 Å². The van der Waals surface area contributed by atoms with Crippen LogP contribution in [0.1, 0.15) is 24.5 Å². The smallest absolute Gasteiger partial charge is 0.230 e. The highest BCUT2D eigenvalue weighted by Crippen LogP contribution is 2.25. The van der Waals surface area contributed by atoms with Crippen molar-refractivity contribution in [2.24, 2.45) is 0 Å². The number of thioether (sulfide) groups is 1. The van der Waals surface area contributed by atoms with E-state index in [9.17, 15) is 4.79 Å². The van der Waals surface area contributed by atoms with Crippen molar-refractivity contribution < 1.29 is 4.79 Å². The van der Waals surface area contributed by atoms with E-state index in [2.05, 4.69) is 33.6 Å². The lowest BCUT2D eigenvalue weighted by molar-refractivity contribution is -0.118. The Kier molecular flexibility index (Phi) is 6.87. The van der Waals surface area contributed by atoms with E-state index >= 15 is 0 Å². The predicted octanol–water partition coefficient (Wildman–Crippen LogP) is 4.11. The third-order valence-corrected chi connectivity index (χ3v) is 4.49. The fraction of sp³-hybridized carbons (Fsp3) is 0.353. The van der Waals surface area contributed by atoms with Crippen molar-refractivity contribution in [2.45, 2.75) is 32.3 Å². The van der Waals surface area contributed by atoms with Crippen molar-refractivity contribution in [3.05, 3.63) is 40.5 Å². The summed E-state index contributed by atoms with van der Waals surface area (Å²) in [5.41, 5.74) is 3.32. The van der Waals surface area contributed by atoms with E-state index in [-0.39, 0.29) is 11.7 Å². The van der Waals surface area contributed by atoms with Gasteiger partial charge in [0.15, 0.2) is 5.16 Å². The molecule has 1 aromatic carbocycles. The van der Waals surface area contributed by atoms with Crippen LogP contribution in [0.5, 0.6) is 0 Å². The second-order valence-corrected chi connectivity index (χ2v) is 6.70. The molecule has 0 atom stereocenters. The molecule has 2 aromatic rings. The summed E-state index contributed by atoms with van der Waals surface area (Å²) < 4.78 is 0. The van der Waals surface area contributed by atoms with E-state index in [1.165, 1.54) is 17.3 Å². The molecule has 1 amide bonds. The van der Waals surface area contributed by atoms with Crippen LogP contribution >= 0.6 is 23.4 Å². The lowest BCUT2D eigenvalue weighted by atomic mass is 10.1. The number of hydrogen-bond acceptors (Lipinski definition) is 5. The molecule has 0 aliphatic carbocycles. The maximum absolute atomic E-state index is 11.7. The van der Waals surface area contributed by atoms with Crippen molar-refractivity contribution >= 4 is 40.8 Å². The number of benzene rings is 1. The summed E-state index contributed by atoms with van der Waals surface area (Å²) in [4.78, 5) is 20.3. The maximum atomic E-state index is 11.7. The monoisotopic (exact) mass is 364 g/mol. The Morgan fingerprint density at radius 3 is 2.83 bits per heavy atom. The topological polar surface area (TPSA) is 66.9 Å². The van der Waals surface area contributed by atoms with Gasteiger partial charge in [-0.2, -0.15) is 0 Å². The standard InChI is InChI=1S/C17H21ClN4OS/c1-4-8-19-16(23)10-24-17-21-14(18)9-15(22-17)20-13-7-5-6-11(2)12(13)3/h5-7,9H,4,8,10H2,1-3H3,(H,19,23)(H,20,21,22). The fourth-order valence-electron chi connectivity index (χ4n) is 2.00. The molecule has 0 unspecified atom stereocenters. The van der Waals surface area contributed by atoms with Crippen LogP contribution in [0.2, 0.25) is 5.15 Å². The van der Waals surface area contributed by atoms with E-state index in [4.69, 9.17) is 11.6 Å². The number of nitrogens with zero attached hydrogens (tertiary/aromatic N) is 2. The molecule has 0 saturated carbocycles. The third kappa shape index (κ3) is 5.39. The number of halogens is 1. The maximum Gasteiger partial charge on any atom is 0.230 e. The van der Waals surface area contributed by atoms with Crippen LogP contribution in [0.4, 0.5) is 11.5 Å². The number of amides is 1. The van der Waals surface area contributed by atoms with Gasteiger partial charge in [-0.05, 0) is 37.5 Å². The molecule has 1 heterocycles. The number of anilines is 2. The molecule has 0 bridgehead atoms. The molecule has 0 aliphatic heterocycles. The number of hydrogen-bond donors (Lipinski definition) is 2. The van der Waals surface area contributed by atoms with Crippen LogP contribution in [-0.4, -0.2) is 28.2 Å². The molecule has 1 aromatic heterocycles. The highest BCUT2D eigenvalue weighted by atomic mass is 35.5. The average molecular weight is 365 g/mol. The number of carbonyl (C=O) groups excluding carboxylic acids is 1. The first-order valence-corrected chi connectivity index (χ1v) is 9.13. The molecule has 2 rings (SSSR count). The van der Waals surface area contributed by atoms with Crippen molar-refractivity contribution in [1.29, 1.82) is 0 Å². The van der Waals surface area contributed by atoms with E-state index in [0.29, 0.717) is 22.7 Å². The zero-order valence-corrected chi connectivity index (χ0v) is 15.6. The molecule has 24 heavy (non-hydrogen) atoms. The summed E-state index contributed by atoms with van der Waals surface area (Å²) in [6, 6.07) is 7.71. The summed E-state index contributed by atoms with van der Waals surface area (Å²) in [5, 5.41) is 6.90. The summed E-state index contributed by atoms with van der Waals surface area (Å²) in [7, 11) is 0. The third-order valence-electron chi connectivity index (χ3n) is 3.45. The first-order valence-electron chi connectivity index (χ1n) is 7.77. The Hall–Kier alpha value is -1.79. The Morgan fingerprint density at radius 1 is 1.29 bits per heavy atom. The minimum Gasteiger partial charge on any atom is -0.355 e. The van der Waals surface area contributed by atoms with Gasteiger partial charge in [0, 0.05) is 18.3 Å². The van der Waals surface area contributed by atoms with Crippen LogP contribution in [0.25, 0.3) is 0 Å². The summed E-state index contributed by atoms with van der Waals surface area (Å²) in [5.74, 6) is 0.845. The summed E-state index contributed by atoms with van der Waals surface area (Å²) in [6.45, 7) is 6.80.